The highest BCUT2D eigenvalue weighted by Crippen LogP contribution is 2.32. The maximum Gasteiger partial charge on any atom is 0.264 e. The molecule has 15 rings (SSSR count). The molecule has 0 amide bonds. The predicted octanol–water partition coefficient (Wildman–Crippen LogP) is 19.0. The number of aromatic nitrogens is 6. The molecule has 406 valence electrons. The van der Waals surface area contributed by atoms with Gasteiger partial charge in [0.2, 0.25) is 0 Å². The van der Waals surface area contributed by atoms with Gasteiger partial charge in [-0.25, -0.2) is 15.0 Å². The van der Waals surface area contributed by atoms with E-state index in [9.17, 15) is 14.4 Å². The molecule has 0 aliphatic carbocycles. The number of nitrogens with zero attached hydrogens (tertiary/aromatic N) is 6. The Labute approximate surface area is 464 Å². The molecule has 0 spiro atoms. The van der Waals surface area contributed by atoms with Crippen LogP contribution < -0.4 is 16.7 Å². The van der Waals surface area contributed by atoms with E-state index in [-0.39, 0.29) is 16.7 Å². The second-order valence-electron chi connectivity index (χ2n) is 15.8. The number of hydrogen-bond acceptors (Lipinski definition) is 6. The number of imidazole rings is 3. The largest absolute Gasteiger partial charge is 0.268 e. The number of hydrogen-bond donors (Lipinski definition) is 0. The van der Waals surface area contributed by atoms with Crippen molar-refractivity contribution in [1.82, 2.24) is 28.2 Å². The van der Waals surface area contributed by atoms with Crippen molar-refractivity contribution in [2.75, 3.05) is 0 Å². The van der Waals surface area contributed by atoms with Crippen LogP contribution >= 0.6 is 0 Å². The van der Waals surface area contributed by atoms with E-state index in [0.717, 1.165) is 115 Å². The van der Waals surface area contributed by atoms with Crippen LogP contribution in [-0.2, 0) is 0 Å². The van der Waals surface area contributed by atoms with Crippen molar-refractivity contribution in [3.05, 3.63) is 213 Å². The van der Waals surface area contributed by atoms with Crippen LogP contribution in [0.25, 0.3) is 115 Å². The minimum Gasteiger partial charge on any atom is -0.268 e. The van der Waals surface area contributed by atoms with E-state index in [2.05, 4.69) is 15.0 Å². The van der Waals surface area contributed by atoms with Crippen LogP contribution in [0.5, 0.6) is 0 Å². The summed E-state index contributed by atoms with van der Waals surface area (Å²) in [5.74, 6) is 0. The molecule has 0 fully saturated rings. The molecular weight excluding hydrogens is 973 g/mol. The highest BCUT2D eigenvalue weighted by Gasteiger charge is 2.18. The van der Waals surface area contributed by atoms with Crippen LogP contribution in [0.3, 0.4) is 0 Å². The van der Waals surface area contributed by atoms with Crippen LogP contribution in [0, 0.1) is 0 Å². The zero-order valence-electron chi connectivity index (χ0n) is 49.2. The Balaban J connectivity index is 0.000000193. The van der Waals surface area contributed by atoms with Gasteiger partial charge in [-0.15, -0.1) is 0 Å². The standard InChI is InChI=1S/3C18H10N2O.8C2H6/c3*21-18-13-8-4-6-11-5-3-7-12(16(11)13)17-19-14-9-1-2-10-15(14)20(17)18;8*1-2/h3*1-10H;8*1-2H3. The second kappa shape index (κ2) is 29.1. The Morgan fingerprint density at radius 1 is 0.241 bits per heavy atom. The zero-order valence-corrected chi connectivity index (χ0v) is 49.2. The van der Waals surface area contributed by atoms with Crippen molar-refractivity contribution in [2.45, 2.75) is 111 Å². The topological polar surface area (TPSA) is 103 Å². The fourth-order valence-electron chi connectivity index (χ4n) is 9.71. The summed E-state index contributed by atoms with van der Waals surface area (Å²) in [6.45, 7) is 32.0. The van der Waals surface area contributed by atoms with Crippen LogP contribution in [0.2, 0.25) is 0 Å². The summed E-state index contributed by atoms with van der Waals surface area (Å²) in [7, 11) is 0. The maximum atomic E-state index is 12.9. The molecule has 9 aromatic carbocycles. The smallest absolute Gasteiger partial charge is 0.264 e. The first-order chi connectivity index (χ1) is 39.0. The van der Waals surface area contributed by atoms with E-state index in [0.29, 0.717) is 0 Å². The van der Waals surface area contributed by atoms with E-state index in [1.807, 2.05) is 293 Å². The van der Waals surface area contributed by atoms with Gasteiger partial charge in [0.15, 0.2) is 0 Å². The van der Waals surface area contributed by atoms with Crippen molar-refractivity contribution in [3.63, 3.8) is 0 Å². The van der Waals surface area contributed by atoms with Gasteiger partial charge < -0.3 is 0 Å². The molecule has 6 heterocycles. The fourth-order valence-corrected chi connectivity index (χ4v) is 9.71. The quantitative estimate of drug-likeness (QED) is 0.150. The average Bonchev–Trinajstić information content (AvgIpc) is 4.28. The van der Waals surface area contributed by atoms with Gasteiger partial charge in [-0.3, -0.25) is 27.6 Å². The second-order valence-corrected chi connectivity index (χ2v) is 15.8. The number of fused-ring (bicyclic) bond motifs is 12. The minimum atomic E-state index is 0.00278. The summed E-state index contributed by atoms with van der Waals surface area (Å²) in [6, 6.07) is 59.2. The van der Waals surface area contributed by atoms with Crippen LogP contribution in [0.1, 0.15) is 111 Å². The summed E-state index contributed by atoms with van der Waals surface area (Å²) < 4.78 is 5.19. The third kappa shape index (κ3) is 11.0. The summed E-state index contributed by atoms with van der Waals surface area (Å²) in [5.41, 5.74) is 7.38. The van der Waals surface area contributed by atoms with Crippen LogP contribution in [0.15, 0.2) is 196 Å². The van der Waals surface area contributed by atoms with Gasteiger partial charge in [0.1, 0.15) is 16.9 Å². The van der Waals surface area contributed by atoms with Gasteiger partial charge >= 0.3 is 0 Å². The number of pyridine rings is 3. The van der Waals surface area contributed by atoms with E-state index in [1.165, 1.54) is 0 Å². The van der Waals surface area contributed by atoms with Crippen molar-refractivity contribution in [2.24, 2.45) is 0 Å². The zero-order chi connectivity index (χ0) is 57.9. The lowest BCUT2D eigenvalue weighted by molar-refractivity contribution is 1.19. The molecule has 15 aromatic rings. The van der Waals surface area contributed by atoms with Crippen LogP contribution in [0.4, 0.5) is 0 Å². The molecule has 0 saturated heterocycles. The predicted molar refractivity (Wildman–Crippen MR) is 346 cm³/mol. The Morgan fingerprint density at radius 2 is 0.443 bits per heavy atom. The molecule has 0 saturated carbocycles. The van der Waals surface area contributed by atoms with E-state index in [4.69, 9.17) is 0 Å². The Hall–Kier alpha value is -8.82. The Morgan fingerprint density at radius 3 is 0.671 bits per heavy atom. The molecule has 9 nitrogen and oxygen atoms in total. The number of rotatable bonds is 0. The van der Waals surface area contributed by atoms with Gasteiger partial charge in [-0.1, -0.05) is 238 Å². The first-order valence-corrected chi connectivity index (χ1v) is 28.7. The maximum absolute atomic E-state index is 12.9. The molecule has 0 radical (unpaired) electrons. The Kier molecular flexibility index (Phi) is 22.5. The van der Waals surface area contributed by atoms with E-state index in [1.54, 1.807) is 13.2 Å². The van der Waals surface area contributed by atoms with Crippen molar-refractivity contribution in [1.29, 1.82) is 0 Å². The molecule has 0 aliphatic rings. The molecule has 0 N–H and O–H groups in total. The lowest BCUT2D eigenvalue weighted by Gasteiger charge is -2.06. The molecule has 0 aliphatic heterocycles. The van der Waals surface area contributed by atoms with Gasteiger partial charge in [0.05, 0.1) is 33.1 Å². The summed E-state index contributed by atoms with van der Waals surface area (Å²) in [4.78, 5) is 52.7. The lowest BCUT2D eigenvalue weighted by atomic mass is 10.0. The summed E-state index contributed by atoms with van der Waals surface area (Å²) in [5, 5.41) is 11.6. The first kappa shape index (κ1) is 61.0. The average molecular weight is 1050 g/mol. The van der Waals surface area contributed by atoms with Gasteiger partial charge in [0, 0.05) is 48.5 Å². The normalized spacial score (nSPS) is 10.2. The summed E-state index contributed by atoms with van der Waals surface area (Å²) >= 11 is 0. The highest BCUT2D eigenvalue weighted by atomic mass is 16.1. The number of para-hydroxylation sites is 6. The SMILES string of the molecule is CC.CC.CC.CC.CC.CC.CC.CC.O=c1c2cccc3cccc(c32)c2nc3ccccc3n12.O=c1c2cccc3cccc(c32)c2nc3ccccc3n12.O=c1c2cccc3cccc(c32)c2nc3ccccc3n12. The molecule has 0 unspecified atom stereocenters. The van der Waals surface area contributed by atoms with Gasteiger partial charge in [0.25, 0.3) is 16.7 Å². The molecular formula is C70H78N6O3. The van der Waals surface area contributed by atoms with Crippen molar-refractivity contribution >= 4 is 115 Å². The minimum absolute atomic E-state index is 0.00278. The van der Waals surface area contributed by atoms with E-state index >= 15 is 0 Å². The molecule has 6 aromatic heterocycles. The fraction of sp³-hybridized carbons (Fsp3) is 0.229. The molecule has 0 bridgehead atoms. The Bertz CT molecular complexity index is 4060. The van der Waals surface area contributed by atoms with Crippen LogP contribution in [-0.4, -0.2) is 28.2 Å². The lowest BCUT2D eigenvalue weighted by Crippen LogP contribution is -2.13. The summed E-state index contributed by atoms with van der Waals surface area (Å²) in [6.07, 6.45) is 0. The van der Waals surface area contributed by atoms with E-state index < -0.39 is 0 Å². The third-order valence-corrected chi connectivity index (χ3v) is 12.4. The molecule has 9 heteroatoms. The monoisotopic (exact) mass is 1050 g/mol. The third-order valence-electron chi connectivity index (χ3n) is 12.4. The van der Waals surface area contributed by atoms with Crippen molar-refractivity contribution in [3.8, 4) is 0 Å². The first-order valence-electron chi connectivity index (χ1n) is 28.7. The molecule has 79 heavy (non-hydrogen) atoms. The van der Waals surface area contributed by atoms with Gasteiger partial charge in [-0.05, 0) is 70.8 Å². The number of benzene rings is 9. The molecule has 0 atom stereocenters. The highest BCUT2D eigenvalue weighted by molar-refractivity contribution is 6.17. The van der Waals surface area contributed by atoms with Gasteiger partial charge in [-0.2, -0.15) is 0 Å². The van der Waals surface area contributed by atoms with Crippen molar-refractivity contribution < 1.29 is 0 Å².